The lowest BCUT2D eigenvalue weighted by atomic mass is 10.1. The van der Waals surface area contributed by atoms with Gasteiger partial charge in [-0.05, 0) is 26.2 Å². The fraction of sp³-hybridized carbons (Fsp3) is 0.619. The van der Waals surface area contributed by atoms with Gasteiger partial charge in [0.25, 0.3) is 0 Å². The van der Waals surface area contributed by atoms with E-state index >= 15 is 0 Å². The third kappa shape index (κ3) is 20.8. The van der Waals surface area contributed by atoms with Gasteiger partial charge in [-0.1, -0.05) is 0 Å². The number of guanidine groups is 4. The molecule has 208 valence electrons. The first-order valence-electron chi connectivity index (χ1n) is 11.6. The minimum atomic E-state index is -0.474. The molecule has 0 unspecified atom stereocenters. The molecule has 0 aromatic rings. The molecule has 0 aliphatic heterocycles. The first-order valence-corrected chi connectivity index (χ1v) is 11.6. The van der Waals surface area contributed by atoms with E-state index in [0.717, 1.165) is 0 Å². The van der Waals surface area contributed by atoms with E-state index in [0.29, 0.717) is 37.2 Å². The molecule has 0 radical (unpaired) electrons. The van der Waals surface area contributed by atoms with Gasteiger partial charge in [0.1, 0.15) is 13.2 Å². The van der Waals surface area contributed by atoms with Crippen LogP contribution < -0.4 is 33.6 Å². The number of nitrogens with one attached hydrogen (secondary N) is 4. The van der Waals surface area contributed by atoms with Gasteiger partial charge in [0, 0.05) is 44.3 Å². The summed E-state index contributed by atoms with van der Waals surface area (Å²) < 4.78 is 10.0. The first kappa shape index (κ1) is 32.8. The highest BCUT2D eigenvalue weighted by atomic mass is 16.5. The summed E-state index contributed by atoms with van der Waals surface area (Å²) >= 11 is 0. The van der Waals surface area contributed by atoms with Crippen LogP contribution in [0.5, 0.6) is 0 Å². The lowest BCUT2D eigenvalue weighted by molar-refractivity contribution is -0.145. The molecule has 0 atom stereocenters. The zero-order valence-corrected chi connectivity index (χ0v) is 21.5. The van der Waals surface area contributed by atoms with Gasteiger partial charge >= 0.3 is 11.9 Å². The normalized spacial score (nSPS) is 12.6. The Morgan fingerprint density at radius 1 is 0.730 bits per heavy atom. The molecule has 0 aromatic carbocycles. The molecule has 16 heteroatoms. The molecule has 0 spiro atoms. The smallest absolute Gasteiger partial charge is 0.305 e. The van der Waals surface area contributed by atoms with E-state index in [1.165, 1.54) is 7.05 Å². The van der Waals surface area contributed by atoms with E-state index in [2.05, 4.69) is 30.6 Å². The molecule has 0 fully saturated rings. The molecule has 0 heterocycles. The van der Waals surface area contributed by atoms with Crippen molar-refractivity contribution in [1.29, 1.82) is 10.8 Å². The number of carbonyl (C=O) groups is 2. The second-order valence-corrected chi connectivity index (χ2v) is 7.62. The molecule has 0 saturated carbocycles. The number of rotatable bonds is 16. The highest BCUT2D eigenvalue weighted by molar-refractivity contribution is 6.00. The van der Waals surface area contributed by atoms with Gasteiger partial charge in [-0.25, -0.2) is 9.98 Å². The average molecular weight is 525 g/mol. The van der Waals surface area contributed by atoms with Crippen LogP contribution in [0.15, 0.2) is 20.0 Å². The van der Waals surface area contributed by atoms with E-state index < -0.39 is 11.9 Å². The highest BCUT2D eigenvalue weighted by Crippen LogP contribution is 2.00. The summed E-state index contributed by atoms with van der Waals surface area (Å²) in [7, 11) is 1.49. The summed E-state index contributed by atoms with van der Waals surface area (Å²) in [5, 5.41) is 20.2. The van der Waals surface area contributed by atoms with Crippen molar-refractivity contribution in [2.24, 2.45) is 42.9 Å². The van der Waals surface area contributed by atoms with Crippen LogP contribution in [0.1, 0.15) is 45.4 Å². The van der Waals surface area contributed by atoms with E-state index in [1.807, 2.05) is 0 Å². The second kappa shape index (κ2) is 20.0. The lowest BCUT2D eigenvalue weighted by Crippen LogP contribution is -2.42. The van der Waals surface area contributed by atoms with E-state index in [4.69, 9.17) is 43.2 Å². The van der Waals surface area contributed by atoms with Crippen LogP contribution in [0.25, 0.3) is 0 Å². The Bertz CT molecular complexity index is 883. The van der Waals surface area contributed by atoms with Crippen LogP contribution in [0.3, 0.4) is 0 Å². The highest BCUT2D eigenvalue weighted by Gasteiger charge is 2.07. The predicted molar refractivity (Wildman–Crippen MR) is 144 cm³/mol. The van der Waals surface area contributed by atoms with Crippen LogP contribution in [0.4, 0.5) is 0 Å². The summed E-state index contributed by atoms with van der Waals surface area (Å²) in [6, 6.07) is 0. The Morgan fingerprint density at radius 3 is 1.65 bits per heavy atom. The first-order chi connectivity index (χ1) is 17.5. The van der Waals surface area contributed by atoms with E-state index in [-0.39, 0.29) is 69.4 Å². The van der Waals surface area contributed by atoms with Gasteiger partial charge in [-0.3, -0.25) is 30.2 Å². The van der Waals surface area contributed by atoms with E-state index in [9.17, 15) is 9.59 Å². The van der Waals surface area contributed by atoms with Crippen molar-refractivity contribution in [3.8, 4) is 0 Å². The van der Waals surface area contributed by atoms with Gasteiger partial charge in [-0.15, -0.1) is 0 Å². The van der Waals surface area contributed by atoms with Crippen LogP contribution >= 0.6 is 0 Å². The van der Waals surface area contributed by atoms with Crippen molar-refractivity contribution in [1.82, 2.24) is 10.6 Å². The molecule has 0 amide bonds. The molecule has 16 nitrogen and oxygen atoms in total. The molecule has 0 rings (SSSR count). The quantitative estimate of drug-likeness (QED) is 0.0502. The number of hydrogen-bond acceptors (Lipinski definition) is 10. The zero-order chi connectivity index (χ0) is 28.1. The average Bonchev–Trinajstić information content (AvgIpc) is 2.81. The number of nitrogens with zero attached hydrogens (tertiary/aromatic N) is 4. The molecule has 0 aliphatic rings. The van der Waals surface area contributed by atoms with Crippen LogP contribution in [-0.2, 0) is 19.1 Å². The molecule has 0 aliphatic carbocycles. The van der Waals surface area contributed by atoms with Gasteiger partial charge in [0.2, 0.25) is 0 Å². The van der Waals surface area contributed by atoms with Crippen molar-refractivity contribution in [3.63, 3.8) is 0 Å². The monoisotopic (exact) mass is 524 g/mol. The van der Waals surface area contributed by atoms with Gasteiger partial charge in [0.05, 0.1) is 13.1 Å². The van der Waals surface area contributed by atoms with Crippen molar-refractivity contribution in [2.75, 3.05) is 39.9 Å². The molecule has 0 saturated heterocycles. The maximum absolute atomic E-state index is 11.8. The fourth-order valence-corrected chi connectivity index (χ4v) is 2.51. The number of esters is 2. The van der Waals surface area contributed by atoms with Crippen molar-refractivity contribution in [3.05, 3.63) is 0 Å². The van der Waals surface area contributed by atoms with Crippen molar-refractivity contribution in [2.45, 2.75) is 45.4 Å². The number of carbonyl (C=O) groups excluding carboxylic acids is 2. The summed E-state index contributed by atoms with van der Waals surface area (Å²) in [5.74, 6) is -0.660. The zero-order valence-electron chi connectivity index (χ0n) is 21.5. The lowest BCUT2D eigenvalue weighted by Gasteiger charge is -2.06. The third-order valence-corrected chi connectivity index (χ3v) is 4.19. The fourth-order valence-electron chi connectivity index (χ4n) is 2.51. The molecule has 0 aromatic heterocycles. The Hall–Kier alpha value is -4.24. The molecular formula is C21H40N12O4. The maximum atomic E-state index is 11.8. The SMILES string of the molecule is CN=C(N)NC(N)=NCCOC(=O)CCCC(=O)OCCN=C(N)NC(N)=NCCCC(=N)CC(C)=N. The van der Waals surface area contributed by atoms with Crippen LogP contribution in [-0.4, -0.2) is 87.1 Å². The largest absolute Gasteiger partial charge is 0.464 e. The minimum absolute atomic E-state index is 0.0119. The summed E-state index contributed by atoms with van der Waals surface area (Å²) in [5.41, 5.74) is 23.3. The summed E-state index contributed by atoms with van der Waals surface area (Å²) in [6.07, 6.45) is 1.91. The number of nitrogens with two attached hydrogens (primary N) is 4. The molecule has 37 heavy (non-hydrogen) atoms. The number of hydrogen-bond donors (Lipinski definition) is 8. The van der Waals surface area contributed by atoms with Crippen molar-refractivity contribution >= 4 is 47.2 Å². The van der Waals surface area contributed by atoms with Gasteiger partial charge in [0.15, 0.2) is 23.8 Å². The van der Waals surface area contributed by atoms with Crippen molar-refractivity contribution < 1.29 is 19.1 Å². The molecular weight excluding hydrogens is 484 g/mol. The number of ether oxygens (including phenoxy) is 2. The Labute approximate surface area is 216 Å². The molecule has 12 N–H and O–H groups in total. The summed E-state index contributed by atoms with van der Waals surface area (Å²) in [4.78, 5) is 39.1. The summed E-state index contributed by atoms with van der Waals surface area (Å²) in [6.45, 7) is 2.38. The second-order valence-electron chi connectivity index (χ2n) is 7.62. The third-order valence-electron chi connectivity index (χ3n) is 4.19. The van der Waals surface area contributed by atoms with Crippen LogP contribution in [0.2, 0.25) is 0 Å². The van der Waals surface area contributed by atoms with Gasteiger partial charge < -0.3 is 43.2 Å². The minimum Gasteiger partial charge on any atom is -0.464 e. The van der Waals surface area contributed by atoms with E-state index in [1.54, 1.807) is 6.92 Å². The van der Waals surface area contributed by atoms with Gasteiger partial charge in [-0.2, -0.15) is 0 Å². The Morgan fingerprint density at radius 2 is 1.19 bits per heavy atom. The maximum Gasteiger partial charge on any atom is 0.305 e. The Balaban J connectivity index is 3.94. The van der Waals surface area contributed by atoms with Crippen LogP contribution in [0, 0.1) is 10.8 Å². The predicted octanol–water partition coefficient (Wildman–Crippen LogP) is -1.46. The Kier molecular flexibility index (Phi) is 17.7. The molecule has 0 bridgehead atoms. The topological polar surface area (TPSA) is 278 Å². The number of aliphatic imine (C=N–C) groups is 4. The standard InChI is InChI=1S/C21H40N12O4/c1-14(22)13-15(23)5-4-8-29-19(25)33-21(27)31-10-12-37-17(35)7-3-6-16(34)36-11-9-30-20(26)32-18(24)28-2/h22-23H,3-13H2,1-2H3,(H5,24,26,28,30,32)(H5,25,27,29,31,33).